The van der Waals surface area contributed by atoms with Crippen molar-refractivity contribution >= 4 is 11.6 Å². The van der Waals surface area contributed by atoms with Gasteiger partial charge in [-0.15, -0.1) is 0 Å². The normalized spacial score (nSPS) is 22.4. The van der Waals surface area contributed by atoms with Crippen molar-refractivity contribution in [1.82, 2.24) is 5.32 Å². The Morgan fingerprint density at radius 3 is 2.60 bits per heavy atom. The van der Waals surface area contributed by atoms with Gasteiger partial charge in [-0.3, -0.25) is 0 Å². The van der Waals surface area contributed by atoms with E-state index in [0.717, 1.165) is 18.0 Å². The Morgan fingerprint density at radius 2 is 1.73 bits per heavy atom. The molecule has 30 heavy (non-hydrogen) atoms. The number of nitrogens with one attached hydrogen (secondary N) is 1. The summed E-state index contributed by atoms with van der Waals surface area (Å²) in [6.45, 7) is 3.36. The highest BCUT2D eigenvalue weighted by atomic mass is 35.5. The molecule has 2 bridgehead atoms. The van der Waals surface area contributed by atoms with E-state index in [1.54, 1.807) is 5.56 Å². The van der Waals surface area contributed by atoms with Crippen molar-refractivity contribution in [3.63, 3.8) is 0 Å². The van der Waals surface area contributed by atoms with E-state index in [4.69, 9.17) is 11.6 Å². The first kappa shape index (κ1) is 19.8. The standard InChI is InChI=1S/C28H30ClN/c1-20(18-21-8-3-2-4-9-21)30-17-7-15-28-16-14-23(24-10-5-6-11-26(24)28)25-19-22(29)12-13-27(25)28/h2-6,8-13,19-20,23,30H,7,14-18H2,1H3. The van der Waals surface area contributed by atoms with Gasteiger partial charge in [-0.05, 0) is 85.5 Å². The van der Waals surface area contributed by atoms with Gasteiger partial charge in [0.25, 0.3) is 0 Å². The summed E-state index contributed by atoms with van der Waals surface area (Å²) in [6, 6.07) is 27.0. The second-order valence-electron chi connectivity index (χ2n) is 9.14. The zero-order valence-corrected chi connectivity index (χ0v) is 18.5. The van der Waals surface area contributed by atoms with Crippen LogP contribution in [0.2, 0.25) is 5.02 Å². The van der Waals surface area contributed by atoms with Gasteiger partial charge < -0.3 is 5.32 Å². The fraction of sp³-hybridized carbons (Fsp3) is 0.357. The molecule has 0 amide bonds. The molecular weight excluding hydrogens is 386 g/mol. The molecule has 0 aliphatic heterocycles. The molecule has 6 rings (SSSR count). The predicted octanol–water partition coefficient (Wildman–Crippen LogP) is 6.87. The quantitative estimate of drug-likeness (QED) is 0.415. The second kappa shape index (κ2) is 8.21. The molecule has 3 atom stereocenters. The number of fused-ring (bicyclic) bond motifs is 1. The summed E-state index contributed by atoms with van der Waals surface area (Å²) in [4.78, 5) is 0. The molecule has 0 spiro atoms. The molecule has 0 saturated carbocycles. The molecule has 3 aromatic carbocycles. The highest BCUT2D eigenvalue weighted by Gasteiger charge is 2.47. The molecule has 154 valence electrons. The van der Waals surface area contributed by atoms with Crippen LogP contribution in [0.4, 0.5) is 0 Å². The number of benzene rings is 3. The van der Waals surface area contributed by atoms with Crippen LogP contribution in [-0.2, 0) is 11.8 Å². The van der Waals surface area contributed by atoms with Crippen molar-refractivity contribution < 1.29 is 0 Å². The Balaban J connectivity index is 1.32. The molecule has 3 aromatic rings. The summed E-state index contributed by atoms with van der Waals surface area (Å²) in [5.74, 6) is 0.515. The van der Waals surface area contributed by atoms with Crippen LogP contribution in [0.3, 0.4) is 0 Å². The van der Waals surface area contributed by atoms with E-state index in [-0.39, 0.29) is 5.41 Å². The van der Waals surface area contributed by atoms with Crippen LogP contribution in [0.25, 0.3) is 0 Å². The number of hydrogen-bond acceptors (Lipinski definition) is 1. The van der Waals surface area contributed by atoms with E-state index in [2.05, 4.69) is 85.0 Å². The minimum absolute atomic E-state index is 0.148. The minimum atomic E-state index is 0.148. The van der Waals surface area contributed by atoms with Gasteiger partial charge in [0.05, 0.1) is 0 Å². The average molecular weight is 416 g/mol. The fourth-order valence-corrected chi connectivity index (χ4v) is 6.13. The van der Waals surface area contributed by atoms with Crippen molar-refractivity contribution in [3.05, 3.63) is 106 Å². The maximum absolute atomic E-state index is 6.40. The molecule has 3 unspecified atom stereocenters. The van der Waals surface area contributed by atoms with Crippen molar-refractivity contribution in [1.29, 1.82) is 0 Å². The van der Waals surface area contributed by atoms with Gasteiger partial charge in [0.1, 0.15) is 0 Å². The molecule has 3 aliphatic carbocycles. The molecule has 0 saturated heterocycles. The van der Waals surface area contributed by atoms with E-state index in [0.29, 0.717) is 12.0 Å². The van der Waals surface area contributed by atoms with Gasteiger partial charge >= 0.3 is 0 Å². The van der Waals surface area contributed by atoms with Crippen LogP contribution in [0.5, 0.6) is 0 Å². The SMILES string of the molecule is CC(Cc1ccccc1)NCCCC12CCC(c3ccccc31)c1cc(Cl)ccc12. The molecule has 1 N–H and O–H groups in total. The van der Waals surface area contributed by atoms with Crippen LogP contribution in [0.1, 0.15) is 66.3 Å². The van der Waals surface area contributed by atoms with Crippen LogP contribution in [-0.4, -0.2) is 12.6 Å². The lowest BCUT2D eigenvalue weighted by atomic mass is 9.54. The Morgan fingerprint density at radius 1 is 0.967 bits per heavy atom. The highest BCUT2D eigenvalue weighted by Crippen LogP contribution is 2.58. The molecule has 0 heterocycles. The first-order chi connectivity index (χ1) is 14.7. The zero-order valence-electron chi connectivity index (χ0n) is 17.7. The molecule has 0 radical (unpaired) electrons. The topological polar surface area (TPSA) is 12.0 Å². The van der Waals surface area contributed by atoms with E-state index in [9.17, 15) is 0 Å². The molecule has 2 heteroatoms. The van der Waals surface area contributed by atoms with Crippen LogP contribution in [0.15, 0.2) is 72.8 Å². The summed E-state index contributed by atoms with van der Waals surface area (Å²) in [6.07, 6.45) is 5.94. The predicted molar refractivity (Wildman–Crippen MR) is 127 cm³/mol. The second-order valence-corrected chi connectivity index (χ2v) is 9.58. The Hall–Kier alpha value is -2.09. The first-order valence-electron chi connectivity index (χ1n) is 11.3. The lowest BCUT2D eigenvalue weighted by molar-refractivity contribution is 0.337. The van der Waals surface area contributed by atoms with Crippen LogP contribution in [0, 0.1) is 0 Å². The maximum atomic E-state index is 6.40. The van der Waals surface area contributed by atoms with Gasteiger partial charge in [0.2, 0.25) is 0 Å². The van der Waals surface area contributed by atoms with E-state index < -0.39 is 0 Å². The van der Waals surface area contributed by atoms with Crippen molar-refractivity contribution in [2.24, 2.45) is 0 Å². The third-order valence-corrected chi connectivity index (χ3v) is 7.51. The summed E-state index contributed by atoms with van der Waals surface area (Å²) in [5.41, 5.74) is 7.64. The summed E-state index contributed by atoms with van der Waals surface area (Å²) >= 11 is 6.40. The highest BCUT2D eigenvalue weighted by molar-refractivity contribution is 6.30. The largest absolute Gasteiger partial charge is 0.314 e. The van der Waals surface area contributed by atoms with Gasteiger partial charge in [-0.1, -0.05) is 72.3 Å². The molecular formula is C28H30ClN. The average Bonchev–Trinajstić information content (AvgIpc) is 2.78. The summed E-state index contributed by atoms with van der Waals surface area (Å²) < 4.78 is 0. The zero-order chi connectivity index (χ0) is 20.6. The number of rotatable bonds is 7. The van der Waals surface area contributed by atoms with Crippen molar-refractivity contribution in [2.45, 2.75) is 56.4 Å². The third-order valence-electron chi connectivity index (χ3n) is 7.27. The lowest BCUT2D eigenvalue weighted by Crippen LogP contribution is -2.41. The Bertz CT molecular complexity index is 1030. The maximum Gasteiger partial charge on any atom is 0.0409 e. The molecule has 0 aromatic heterocycles. The van der Waals surface area contributed by atoms with Gasteiger partial charge in [0.15, 0.2) is 0 Å². The fourth-order valence-electron chi connectivity index (χ4n) is 5.95. The monoisotopic (exact) mass is 415 g/mol. The van der Waals surface area contributed by atoms with Gasteiger partial charge in [0, 0.05) is 22.4 Å². The van der Waals surface area contributed by atoms with E-state index in [1.165, 1.54) is 47.9 Å². The smallest absolute Gasteiger partial charge is 0.0409 e. The Kier molecular flexibility index (Phi) is 5.43. The molecule has 0 fully saturated rings. The third kappa shape index (κ3) is 3.49. The minimum Gasteiger partial charge on any atom is -0.314 e. The van der Waals surface area contributed by atoms with E-state index >= 15 is 0 Å². The first-order valence-corrected chi connectivity index (χ1v) is 11.7. The lowest BCUT2D eigenvalue weighted by Gasteiger charge is -2.50. The molecule has 3 aliphatic rings. The van der Waals surface area contributed by atoms with E-state index in [1.807, 2.05) is 0 Å². The summed E-state index contributed by atoms with van der Waals surface area (Å²) in [5, 5.41) is 4.63. The van der Waals surface area contributed by atoms with Crippen molar-refractivity contribution in [3.8, 4) is 0 Å². The molecule has 1 nitrogen and oxygen atoms in total. The van der Waals surface area contributed by atoms with Crippen LogP contribution >= 0.6 is 11.6 Å². The van der Waals surface area contributed by atoms with Crippen molar-refractivity contribution in [2.75, 3.05) is 6.54 Å². The number of hydrogen-bond donors (Lipinski definition) is 1. The Labute approximate surface area is 185 Å². The summed E-state index contributed by atoms with van der Waals surface area (Å²) in [7, 11) is 0. The number of halogens is 1. The van der Waals surface area contributed by atoms with Gasteiger partial charge in [-0.2, -0.15) is 0 Å². The van der Waals surface area contributed by atoms with Gasteiger partial charge in [-0.25, -0.2) is 0 Å². The van der Waals surface area contributed by atoms with Crippen LogP contribution < -0.4 is 5.32 Å².